The molecule has 2 aliphatic heterocycles. The number of rotatable bonds is 20. The van der Waals surface area contributed by atoms with E-state index in [1.165, 1.54) is 7.11 Å². The van der Waals surface area contributed by atoms with Gasteiger partial charge in [-0.05, 0) is 42.7 Å². The first-order valence-corrected chi connectivity index (χ1v) is 17.2. The van der Waals surface area contributed by atoms with Gasteiger partial charge < -0.3 is 53.3 Å². The molecule has 286 valence electrons. The molecule has 3 aromatic rings. The van der Waals surface area contributed by atoms with Gasteiger partial charge in [-0.25, -0.2) is 14.6 Å². The summed E-state index contributed by atoms with van der Waals surface area (Å²) in [5.74, 6) is -3.35. The predicted molar refractivity (Wildman–Crippen MR) is 184 cm³/mol. The van der Waals surface area contributed by atoms with E-state index in [2.05, 4.69) is 5.32 Å². The van der Waals surface area contributed by atoms with Gasteiger partial charge in [0.2, 0.25) is 11.5 Å². The Balaban J connectivity index is 1.18. The van der Waals surface area contributed by atoms with Crippen LogP contribution in [0.4, 0.5) is 0 Å². The van der Waals surface area contributed by atoms with E-state index >= 15 is 0 Å². The van der Waals surface area contributed by atoms with E-state index in [0.717, 1.165) is 16.5 Å². The summed E-state index contributed by atoms with van der Waals surface area (Å²) in [6.07, 6.45) is 0.133. The fraction of sp³-hybridized carbons (Fsp3) is 0.500. The van der Waals surface area contributed by atoms with Crippen LogP contribution in [-0.4, -0.2) is 116 Å². The first-order valence-electron chi connectivity index (χ1n) is 17.2. The molecule has 53 heavy (non-hydrogen) atoms. The minimum atomic E-state index is -1.94. The molecule has 3 N–H and O–H groups in total. The number of esters is 2. The molecule has 17 nitrogen and oxygen atoms in total. The SMILES string of the molecule is CCc1c2c(nc3ccc(O)cc13)-c1cc3c(c(=O)n1C2)COC(=O)[C@@]3(CC)OC(=O)CNC(=O)COCCOC(COC)COCCOCC(=O)O. The number of carbonyl (C=O) groups excluding carboxylic acids is 3. The Morgan fingerprint density at radius 2 is 1.77 bits per heavy atom. The van der Waals surface area contributed by atoms with Crippen LogP contribution in [-0.2, 0) is 77.5 Å². The van der Waals surface area contributed by atoms with E-state index in [0.29, 0.717) is 23.3 Å². The number of aliphatic carboxylic acids is 1. The van der Waals surface area contributed by atoms with Crippen molar-refractivity contribution in [3.63, 3.8) is 0 Å². The van der Waals surface area contributed by atoms with Gasteiger partial charge in [0, 0.05) is 23.6 Å². The molecule has 1 unspecified atom stereocenters. The third-order valence-electron chi connectivity index (χ3n) is 8.90. The molecular formula is C36H43N3O14. The van der Waals surface area contributed by atoms with Crippen molar-refractivity contribution in [2.24, 2.45) is 0 Å². The molecule has 0 fully saturated rings. The fourth-order valence-electron chi connectivity index (χ4n) is 6.42. The van der Waals surface area contributed by atoms with Crippen LogP contribution in [0.5, 0.6) is 5.75 Å². The molecule has 0 bridgehead atoms. The molecule has 0 saturated heterocycles. The second kappa shape index (κ2) is 17.7. The van der Waals surface area contributed by atoms with Crippen LogP contribution in [0.3, 0.4) is 0 Å². The highest BCUT2D eigenvalue weighted by molar-refractivity contribution is 5.91. The molecule has 0 saturated carbocycles. The predicted octanol–water partition coefficient (Wildman–Crippen LogP) is 1.18. The Labute approximate surface area is 304 Å². The molecule has 2 aliphatic rings. The molecule has 0 spiro atoms. The van der Waals surface area contributed by atoms with Crippen LogP contribution in [0.15, 0.2) is 29.1 Å². The number of hydrogen-bond donors (Lipinski definition) is 3. The number of carboxylic acid groups (broad SMARTS) is 1. The van der Waals surface area contributed by atoms with E-state index in [1.807, 2.05) is 6.92 Å². The van der Waals surface area contributed by atoms with Crippen LogP contribution in [0.1, 0.15) is 42.5 Å². The lowest BCUT2D eigenvalue weighted by atomic mass is 9.85. The number of ether oxygens (including phenoxy) is 7. The number of benzene rings is 1. The zero-order valence-electron chi connectivity index (χ0n) is 29.8. The summed E-state index contributed by atoms with van der Waals surface area (Å²) < 4.78 is 39.1. The van der Waals surface area contributed by atoms with Crippen molar-refractivity contribution < 1.29 is 62.5 Å². The van der Waals surface area contributed by atoms with Gasteiger partial charge in [0.05, 0.1) is 68.7 Å². The highest BCUT2D eigenvalue weighted by atomic mass is 16.6. The third kappa shape index (κ3) is 8.82. The normalized spacial score (nSPS) is 16.4. The zero-order chi connectivity index (χ0) is 38.1. The fourth-order valence-corrected chi connectivity index (χ4v) is 6.42. The number of nitrogens with one attached hydrogen (secondary N) is 1. The molecule has 4 heterocycles. The topological polar surface area (TPSA) is 220 Å². The number of aryl methyl sites for hydroxylation is 1. The largest absolute Gasteiger partial charge is 0.508 e. The number of cyclic esters (lactones) is 1. The number of carboxylic acids is 1. The van der Waals surface area contributed by atoms with Crippen molar-refractivity contribution in [1.82, 2.24) is 14.9 Å². The van der Waals surface area contributed by atoms with E-state index < -0.39 is 60.8 Å². The zero-order valence-corrected chi connectivity index (χ0v) is 29.8. The second-order valence-corrected chi connectivity index (χ2v) is 12.3. The molecule has 2 atom stereocenters. The number of amides is 1. The number of nitrogens with zero attached hydrogens (tertiary/aromatic N) is 2. The maximum atomic E-state index is 13.9. The molecule has 0 aliphatic carbocycles. The highest BCUT2D eigenvalue weighted by Crippen LogP contribution is 2.42. The maximum Gasteiger partial charge on any atom is 0.355 e. The molecule has 1 amide bonds. The van der Waals surface area contributed by atoms with Gasteiger partial charge in [0.25, 0.3) is 5.56 Å². The highest BCUT2D eigenvalue weighted by Gasteiger charge is 2.50. The van der Waals surface area contributed by atoms with Crippen molar-refractivity contribution in [1.29, 1.82) is 0 Å². The van der Waals surface area contributed by atoms with Crippen molar-refractivity contribution in [2.45, 2.75) is 51.5 Å². The van der Waals surface area contributed by atoms with Gasteiger partial charge in [0.1, 0.15) is 38.2 Å². The second-order valence-electron chi connectivity index (χ2n) is 12.3. The van der Waals surface area contributed by atoms with Gasteiger partial charge in [-0.3, -0.25) is 14.4 Å². The molecular weight excluding hydrogens is 698 g/mol. The summed E-state index contributed by atoms with van der Waals surface area (Å²) in [6.45, 7) is 2.96. The van der Waals surface area contributed by atoms with Crippen LogP contribution < -0.4 is 10.9 Å². The summed E-state index contributed by atoms with van der Waals surface area (Å²) in [5, 5.41) is 21.9. The van der Waals surface area contributed by atoms with Gasteiger partial charge in [-0.15, -0.1) is 0 Å². The summed E-state index contributed by atoms with van der Waals surface area (Å²) in [4.78, 5) is 68.1. The van der Waals surface area contributed by atoms with E-state index in [4.69, 9.17) is 43.2 Å². The summed E-state index contributed by atoms with van der Waals surface area (Å²) in [7, 11) is 1.50. The molecule has 1 aromatic carbocycles. The van der Waals surface area contributed by atoms with Crippen molar-refractivity contribution in [3.05, 3.63) is 56.9 Å². The molecule has 2 aromatic heterocycles. The van der Waals surface area contributed by atoms with Crippen LogP contribution in [0, 0.1) is 0 Å². The Bertz CT molecular complexity index is 1910. The summed E-state index contributed by atoms with van der Waals surface area (Å²) in [5.41, 5.74) is 1.48. The monoisotopic (exact) mass is 741 g/mol. The lowest BCUT2D eigenvalue weighted by molar-refractivity contribution is -0.189. The quantitative estimate of drug-likeness (QED) is 0.0855. The average molecular weight is 742 g/mol. The smallest absolute Gasteiger partial charge is 0.355 e. The molecule has 17 heteroatoms. The van der Waals surface area contributed by atoms with Gasteiger partial charge in [-0.2, -0.15) is 0 Å². The lowest BCUT2D eigenvalue weighted by Crippen LogP contribution is -2.48. The number of fused-ring (bicyclic) bond motifs is 5. The molecule has 5 rings (SSSR count). The van der Waals surface area contributed by atoms with E-state index in [9.17, 15) is 29.1 Å². The summed E-state index contributed by atoms with van der Waals surface area (Å²) in [6, 6.07) is 6.55. The summed E-state index contributed by atoms with van der Waals surface area (Å²) >= 11 is 0. The Morgan fingerprint density at radius 1 is 1.02 bits per heavy atom. The van der Waals surface area contributed by atoms with Crippen molar-refractivity contribution in [2.75, 3.05) is 66.5 Å². The van der Waals surface area contributed by atoms with Crippen molar-refractivity contribution in [3.8, 4) is 17.1 Å². The van der Waals surface area contributed by atoms with Crippen molar-refractivity contribution >= 4 is 34.7 Å². The number of carbonyl (C=O) groups is 4. The number of phenols is 1. The van der Waals surface area contributed by atoms with Gasteiger partial charge in [-0.1, -0.05) is 13.8 Å². The van der Waals surface area contributed by atoms with Crippen LogP contribution in [0.2, 0.25) is 0 Å². The van der Waals surface area contributed by atoms with Crippen LogP contribution in [0.25, 0.3) is 22.3 Å². The number of pyridine rings is 2. The maximum absolute atomic E-state index is 13.9. The first-order chi connectivity index (χ1) is 25.5. The molecule has 0 radical (unpaired) electrons. The first kappa shape index (κ1) is 39.3. The Hall–Kier alpha value is -4.94. The Kier molecular flexibility index (Phi) is 13.1. The minimum absolute atomic E-state index is 0.0389. The number of hydrogen-bond acceptors (Lipinski definition) is 14. The number of methoxy groups -OCH3 is 1. The van der Waals surface area contributed by atoms with Gasteiger partial charge in [0.15, 0.2) is 0 Å². The van der Waals surface area contributed by atoms with E-state index in [1.54, 1.807) is 35.8 Å². The number of aromatic hydroxyl groups is 1. The lowest BCUT2D eigenvalue weighted by Gasteiger charge is -2.35. The standard InChI is InChI=1S/C36H43N3O14/c1-4-23-24-12-21(40)6-7-28(24)38-33-25(23)15-39-29(33)13-27-26(34(39)45)18-52-35(46)36(27,5-2)53-32(44)14-37-30(41)19-49-10-11-51-22(16-47-3)17-48-8-9-50-20-31(42)43/h6-7,12-13,22,40H,4-5,8-11,14-20H2,1-3H3,(H,37,41)(H,42,43)/t22?,36-/m0/s1. The average Bonchev–Trinajstić information content (AvgIpc) is 3.50. The van der Waals surface area contributed by atoms with E-state index in [-0.39, 0.29) is 76.1 Å². The van der Waals surface area contributed by atoms with Crippen LogP contribution >= 0.6 is 0 Å². The van der Waals surface area contributed by atoms with Gasteiger partial charge >= 0.3 is 17.9 Å². The third-order valence-corrected chi connectivity index (χ3v) is 8.90. The minimum Gasteiger partial charge on any atom is -0.508 e. The Morgan fingerprint density at radius 3 is 2.51 bits per heavy atom. The number of phenolic OH excluding ortho intramolecular Hbond substituents is 1. The number of aromatic nitrogens is 2.